The lowest BCUT2D eigenvalue weighted by Crippen LogP contribution is -1.96. The number of rotatable bonds is 2. The van der Waals surface area contributed by atoms with Gasteiger partial charge in [-0.2, -0.15) is 0 Å². The van der Waals surface area contributed by atoms with E-state index in [0.29, 0.717) is 5.41 Å². The van der Waals surface area contributed by atoms with Crippen LogP contribution in [0.4, 0.5) is 0 Å². The third kappa shape index (κ3) is 1.05. The molecule has 0 nitrogen and oxygen atoms in total. The van der Waals surface area contributed by atoms with Crippen molar-refractivity contribution in [3.8, 4) is 11.1 Å². The largest absolute Gasteiger partial charge is 0.0622 e. The lowest BCUT2D eigenvalue weighted by molar-refractivity contribution is 0.824. The second-order valence-corrected chi connectivity index (χ2v) is 5.17. The maximum absolute atomic E-state index is 2.33. The second-order valence-electron chi connectivity index (χ2n) is 5.17. The molecule has 2 aliphatic rings. The first-order chi connectivity index (χ1) is 7.90. The lowest BCUT2D eigenvalue weighted by atomic mass is 9.93. The monoisotopic (exact) mass is 206 g/mol. The number of benzene rings is 2. The second kappa shape index (κ2) is 2.76. The highest BCUT2D eigenvalue weighted by atomic mass is 14.7. The Balaban J connectivity index is 1.89. The van der Waals surface area contributed by atoms with Crippen molar-refractivity contribution in [1.82, 2.24) is 0 Å². The number of fused-ring (bicyclic) bond motifs is 1. The summed E-state index contributed by atoms with van der Waals surface area (Å²) in [5.41, 5.74) is 5.01. The smallest absolute Gasteiger partial charge is 0.000606 e. The van der Waals surface area contributed by atoms with E-state index in [4.69, 9.17) is 0 Å². The number of hydrogen-bond acceptors (Lipinski definition) is 0. The van der Waals surface area contributed by atoms with Gasteiger partial charge in [-0.25, -0.2) is 0 Å². The van der Waals surface area contributed by atoms with Gasteiger partial charge in [0.05, 0.1) is 0 Å². The maximum Gasteiger partial charge on any atom is -0.000606 e. The number of hydrogen-bond donors (Lipinski definition) is 0. The summed E-state index contributed by atoms with van der Waals surface area (Å²) in [6, 6.07) is 19.7. The van der Waals surface area contributed by atoms with Crippen LogP contribution in [0.3, 0.4) is 0 Å². The average Bonchev–Trinajstić information content (AvgIpc) is 3.19. The van der Waals surface area contributed by atoms with Gasteiger partial charge < -0.3 is 0 Å². The molecule has 4 rings (SSSR count). The summed E-state index contributed by atoms with van der Waals surface area (Å²) in [5, 5.41) is 0. The molecule has 0 N–H and O–H groups in total. The fraction of sp³-hybridized carbons (Fsp3) is 0.250. The molecule has 16 heavy (non-hydrogen) atoms. The first kappa shape index (κ1) is 8.58. The Morgan fingerprint density at radius 3 is 2.12 bits per heavy atom. The van der Waals surface area contributed by atoms with Crippen LogP contribution < -0.4 is 0 Å². The molecule has 0 saturated heterocycles. The zero-order chi connectivity index (χ0) is 10.6. The van der Waals surface area contributed by atoms with E-state index in [9.17, 15) is 0 Å². The van der Waals surface area contributed by atoms with E-state index >= 15 is 0 Å². The van der Waals surface area contributed by atoms with E-state index in [0.717, 1.165) is 5.92 Å². The van der Waals surface area contributed by atoms with Gasteiger partial charge in [-0.15, -0.1) is 0 Å². The van der Waals surface area contributed by atoms with E-state index < -0.39 is 0 Å². The first-order valence-corrected chi connectivity index (χ1v) is 6.05. The molecule has 2 saturated carbocycles. The molecular weight excluding hydrogens is 192 g/mol. The minimum Gasteiger partial charge on any atom is -0.0622 e. The van der Waals surface area contributed by atoms with Crippen LogP contribution in [0.15, 0.2) is 54.6 Å². The van der Waals surface area contributed by atoms with Gasteiger partial charge in [0.2, 0.25) is 0 Å². The van der Waals surface area contributed by atoms with Crippen molar-refractivity contribution in [3.63, 3.8) is 0 Å². The normalized spacial score (nSPS) is 29.6. The minimum atomic E-state index is 0.604. The Kier molecular flexibility index (Phi) is 1.48. The summed E-state index contributed by atoms with van der Waals surface area (Å²) in [7, 11) is 0. The predicted octanol–water partition coefficient (Wildman–Crippen LogP) is 4.02. The SMILES string of the molecule is c1ccc(-c2ccccc2C23CC2C3)cc1. The molecule has 0 aromatic heterocycles. The topological polar surface area (TPSA) is 0 Å². The maximum atomic E-state index is 2.33. The fourth-order valence-electron chi connectivity index (χ4n) is 2.93. The summed E-state index contributed by atoms with van der Waals surface area (Å²) >= 11 is 0. The Bertz CT molecular complexity index is 533. The molecular formula is C16H14. The van der Waals surface area contributed by atoms with Crippen LogP contribution in [0, 0.1) is 5.92 Å². The van der Waals surface area contributed by atoms with Gasteiger partial charge in [0, 0.05) is 0 Å². The molecule has 0 bridgehead atoms. The van der Waals surface area contributed by atoms with Crippen molar-refractivity contribution in [3.05, 3.63) is 60.2 Å². The Hall–Kier alpha value is -1.56. The van der Waals surface area contributed by atoms with Crippen molar-refractivity contribution in [2.75, 3.05) is 0 Å². The average molecular weight is 206 g/mol. The van der Waals surface area contributed by atoms with Gasteiger partial charge in [-0.05, 0) is 40.9 Å². The van der Waals surface area contributed by atoms with Crippen molar-refractivity contribution in [1.29, 1.82) is 0 Å². The predicted molar refractivity (Wildman–Crippen MR) is 66.3 cm³/mol. The molecule has 0 heterocycles. The minimum absolute atomic E-state index is 0.604. The highest BCUT2D eigenvalue weighted by Gasteiger charge is 2.70. The van der Waals surface area contributed by atoms with Crippen LogP contribution in [0.5, 0.6) is 0 Å². The van der Waals surface area contributed by atoms with Crippen LogP contribution in [0.1, 0.15) is 18.4 Å². The standard InChI is InChI=1S/C16H14/c1-2-6-12(7-3-1)14-8-4-5-9-15(14)16-10-13(16)11-16/h1-9,13H,10-11H2. The van der Waals surface area contributed by atoms with Gasteiger partial charge in [-0.1, -0.05) is 54.6 Å². The van der Waals surface area contributed by atoms with Crippen LogP contribution in [-0.2, 0) is 5.41 Å². The first-order valence-electron chi connectivity index (χ1n) is 6.05. The fourth-order valence-corrected chi connectivity index (χ4v) is 2.93. The van der Waals surface area contributed by atoms with E-state index in [1.54, 1.807) is 5.56 Å². The summed E-state index contributed by atoms with van der Waals surface area (Å²) in [4.78, 5) is 0. The quantitative estimate of drug-likeness (QED) is 0.696. The summed E-state index contributed by atoms with van der Waals surface area (Å²) in [5.74, 6) is 1.01. The molecule has 0 unspecified atom stereocenters. The molecule has 2 aliphatic carbocycles. The molecule has 0 radical (unpaired) electrons. The van der Waals surface area contributed by atoms with Gasteiger partial charge in [0.1, 0.15) is 0 Å². The van der Waals surface area contributed by atoms with E-state index in [2.05, 4.69) is 54.6 Å². The Labute approximate surface area is 95.9 Å². The molecule has 0 spiro atoms. The van der Waals surface area contributed by atoms with Gasteiger partial charge >= 0.3 is 0 Å². The highest BCUT2D eigenvalue weighted by molar-refractivity contribution is 5.71. The summed E-state index contributed by atoms with van der Waals surface area (Å²) in [6.45, 7) is 0. The third-order valence-corrected chi connectivity index (χ3v) is 4.23. The third-order valence-electron chi connectivity index (χ3n) is 4.23. The molecule has 0 atom stereocenters. The zero-order valence-electron chi connectivity index (χ0n) is 9.19. The van der Waals surface area contributed by atoms with Gasteiger partial charge in [0.15, 0.2) is 0 Å². The van der Waals surface area contributed by atoms with E-state index in [1.165, 1.54) is 24.0 Å². The molecule has 2 aromatic rings. The molecule has 2 fully saturated rings. The van der Waals surface area contributed by atoms with Crippen molar-refractivity contribution in [2.45, 2.75) is 18.3 Å². The van der Waals surface area contributed by atoms with Crippen LogP contribution in [0.2, 0.25) is 0 Å². The Morgan fingerprint density at radius 1 is 0.812 bits per heavy atom. The summed E-state index contributed by atoms with van der Waals surface area (Å²) < 4.78 is 0. The van der Waals surface area contributed by atoms with Gasteiger partial charge in [-0.3, -0.25) is 0 Å². The van der Waals surface area contributed by atoms with Crippen LogP contribution >= 0.6 is 0 Å². The molecule has 0 amide bonds. The highest BCUT2D eigenvalue weighted by Crippen LogP contribution is 2.76. The Morgan fingerprint density at radius 2 is 1.44 bits per heavy atom. The molecule has 2 aromatic carbocycles. The van der Waals surface area contributed by atoms with Crippen molar-refractivity contribution >= 4 is 0 Å². The summed E-state index contributed by atoms with van der Waals surface area (Å²) in [6.07, 6.45) is 2.85. The van der Waals surface area contributed by atoms with Crippen LogP contribution in [0.25, 0.3) is 11.1 Å². The molecule has 78 valence electrons. The van der Waals surface area contributed by atoms with Gasteiger partial charge in [0.25, 0.3) is 0 Å². The van der Waals surface area contributed by atoms with Crippen molar-refractivity contribution < 1.29 is 0 Å². The zero-order valence-corrected chi connectivity index (χ0v) is 9.19. The molecule has 0 aliphatic heterocycles. The van der Waals surface area contributed by atoms with E-state index in [-0.39, 0.29) is 0 Å². The van der Waals surface area contributed by atoms with Crippen molar-refractivity contribution in [2.24, 2.45) is 5.92 Å². The molecule has 0 heteroatoms. The van der Waals surface area contributed by atoms with E-state index in [1.807, 2.05) is 0 Å². The lowest BCUT2D eigenvalue weighted by Gasteiger charge is -2.11. The van der Waals surface area contributed by atoms with Crippen LogP contribution in [-0.4, -0.2) is 0 Å².